The first-order chi connectivity index (χ1) is 11.6. The topological polar surface area (TPSA) is 32.7 Å². The summed E-state index contributed by atoms with van der Waals surface area (Å²) in [6.07, 6.45) is 1.82. The molecule has 0 saturated carbocycles. The Morgan fingerprint density at radius 3 is 2.46 bits per heavy atom. The smallest absolute Gasteiger partial charge is 0.266 e. The molecule has 3 nitrogen and oxygen atoms in total. The van der Waals surface area contributed by atoms with Gasteiger partial charge in [-0.3, -0.25) is 9.69 Å². The number of amides is 1. The maximum atomic E-state index is 13.0. The molecule has 0 N–H and O–H groups in total. The van der Waals surface area contributed by atoms with Gasteiger partial charge in [-0.15, -0.1) is 0 Å². The summed E-state index contributed by atoms with van der Waals surface area (Å²) in [4.78, 5) is 19.2. The van der Waals surface area contributed by atoms with Crippen LogP contribution < -0.4 is 0 Å². The van der Waals surface area contributed by atoms with Crippen LogP contribution in [-0.4, -0.2) is 22.5 Å². The summed E-state index contributed by atoms with van der Waals surface area (Å²) in [5.74, 6) is -0.400. The van der Waals surface area contributed by atoms with Crippen molar-refractivity contribution in [2.24, 2.45) is 4.99 Å². The van der Waals surface area contributed by atoms with E-state index >= 15 is 0 Å². The van der Waals surface area contributed by atoms with Crippen LogP contribution >= 0.6 is 23.4 Å². The summed E-state index contributed by atoms with van der Waals surface area (Å²) >= 11 is 7.19. The number of benzene rings is 2. The summed E-state index contributed by atoms with van der Waals surface area (Å²) in [6.45, 7) is 2.41. The van der Waals surface area contributed by atoms with Crippen LogP contribution in [0.5, 0.6) is 0 Å². The van der Waals surface area contributed by atoms with E-state index in [0.29, 0.717) is 27.3 Å². The third-order valence-electron chi connectivity index (χ3n) is 3.42. The van der Waals surface area contributed by atoms with Crippen LogP contribution in [-0.2, 0) is 4.79 Å². The molecule has 0 atom stereocenters. The summed E-state index contributed by atoms with van der Waals surface area (Å²) in [5.41, 5.74) is 1.51. The molecule has 0 aliphatic carbocycles. The zero-order valence-electron chi connectivity index (χ0n) is 12.9. The van der Waals surface area contributed by atoms with E-state index in [1.54, 1.807) is 29.2 Å². The van der Waals surface area contributed by atoms with Crippen LogP contribution in [0.2, 0.25) is 5.02 Å². The van der Waals surface area contributed by atoms with E-state index < -0.39 is 0 Å². The number of hydrogen-bond donors (Lipinski definition) is 0. The van der Waals surface area contributed by atoms with Crippen LogP contribution in [0.4, 0.5) is 10.1 Å². The number of hydrogen-bond acceptors (Lipinski definition) is 3. The van der Waals surface area contributed by atoms with E-state index in [4.69, 9.17) is 11.6 Å². The van der Waals surface area contributed by atoms with Crippen molar-refractivity contribution in [3.05, 3.63) is 69.8 Å². The molecule has 1 amide bonds. The fraction of sp³-hybridized carbons (Fsp3) is 0.111. The zero-order chi connectivity index (χ0) is 17.1. The van der Waals surface area contributed by atoms with Crippen LogP contribution in [0.1, 0.15) is 12.5 Å². The number of carbonyl (C=O) groups is 1. The molecule has 0 aromatic heterocycles. The Hall–Kier alpha value is -2.11. The Kier molecular flexibility index (Phi) is 5.02. The average Bonchev–Trinajstić information content (AvgIpc) is 2.86. The number of nitrogens with zero attached hydrogens (tertiary/aromatic N) is 2. The van der Waals surface area contributed by atoms with Crippen molar-refractivity contribution in [1.82, 2.24) is 4.90 Å². The average molecular weight is 361 g/mol. The Labute approximate surface area is 148 Å². The number of thioether (sulfide) groups is 1. The van der Waals surface area contributed by atoms with Crippen molar-refractivity contribution in [3.63, 3.8) is 0 Å². The molecule has 2 aromatic rings. The van der Waals surface area contributed by atoms with Crippen LogP contribution in [0.3, 0.4) is 0 Å². The quantitative estimate of drug-likeness (QED) is 0.713. The number of halogens is 2. The van der Waals surface area contributed by atoms with Gasteiger partial charge in [-0.1, -0.05) is 23.7 Å². The van der Waals surface area contributed by atoms with Gasteiger partial charge >= 0.3 is 0 Å². The molecule has 1 aliphatic heterocycles. The maximum absolute atomic E-state index is 13.0. The van der Waals surface area contributed by atoms with E-state index in [1.807, 2.05) is 25.1 Å². The summed E-state index contributed by atoms with van der Waals surface area (Å²) in [5, 5.41) is 1.24. The lowest BCUT2D eigenvalue weighted by Gasteiger charge is -2.11. The van der Waals surface area contributed by atoms with Gasteiger partial charge in [0.25, 0.3) is 5.91 Å². The molecule has 1 aliphatic rings. The standard InChI is InChI=1S/C18H14ClFN2OS/c1-2-22-17(23)16(11-12-3-5-13(19)6-4-12)24-18(22)21-15-9-7-14(20)8-10-15/h3-11H,2H2,1H3/b16-11+,21-18?. The highest BCUT2D eigenvalue weighted by molar-refractivity contribution is 8.18. The second kappa shape index (κ2) is 7.20. The predicted octanol–water partition coefficient (Wildman–Crippen LogP) is 5.10. The Morgan fingerprint density at radius 1 is 1.17 bits per heavy atom. The van der Waals surface area contributed by atoms with E-state index in [0.717, 1.165) is 5.56 Å². The van der Waals surface area contributed by atoms with Crippen LogP contribution in [0.15, 0.2) is 58.4 Å². The van der Waals surface area contributed by atoms with Crippen molar-refractivity contribution in [3.8, 4) is 0 Å². The summed E-state index contributed by atoms with van der Waals surface area (Å²) in [6, 6.07) is 13.1. The zero-order valence-corrected chi connectivity index (χ0v) is 14.4. The molecule has 1 heterocycles. The Morgan fingerprint density at radius 2 is 1.83 bits per heavy atom. The van der Waals surface area contributed by atoms with Gasteiger partial charge in [0.05, 0.1) is 10.6 Å². The first-order valence-electron chi connectivity index (χ1n) is 7.38. The van der Waals surface area contributed by atoms with Gasteiger partial charge in [0, 0.05) is 11.6 Å². The van der Waals surface area contributed by atoms with Gasteiger partial charge in [0.1, 0.15) is 5.82 Å². The maximum Gasteiger partial charge on any atom is 0.266 e. The Balaban J connectivity index is 1.91. The van der Waals surface area contributed by atoms with Crippen molar-refractivity contribution < 1.29 is 9.18 Å². The number of likely N-dealkylation sites (N-methyl/N-ethyl adjacent to an activating group) is 1. The number of carbonyl (C=O) groups excluding carboxylic acids is 1. The predicted molar refractivity (Wildman–Crippen MR) is 97.9 cm³/mol. The summed E-state index contributed by atoms with van der Waals surface area (Å²) in [7, 11) is 0. The fourth-order valence-corrected chi connectivity index (χ4v) is 3.40. The van der Waals surface area contributed by atoms with Crippen LogP contribution in [0, 0.1) is 5.82 Å². The fourth-order valence-electron chi connectivity index (χ4n) is 2.21. The van der Waals surface area contributed by atoms with Gasteiger partial charge in [-0.25, -0.2) is 9.38 Å². The SMILES string of the molecule is CCN1C(=O)/C(=C\c2ccc(Cl)cc2)SC1=Nc1ccc(F)cc1. The molecule has 2 aromatic carbocycles. The minimum absolute atomic E-state index is 0.0849. The molecule has 0 radical (unpaired) electrons. The number of rotatable bonds is 3. The molecule has 0 bridgehead atoms. The van der Waals surface area contributed by atoms with Crippen LogP contribution in [0.25, 0.3) is 6.08 Å². The highest BCUT2D eigenvalue weighted by Gasteiger charge is 2.32. The minimum Gasteiger partial charge on any atom is -0.287 e. The van der Waals surface area contributed by atoms with Gasteiger partial charge in [-0.2, -0.15) is 0 Å². The summed E-state index contributed by atoms with van der Waals surface area (Å²) < 4.78 is 13.0. The van der Waals surface area contributed by atoms with Crippen molar-refractivity contribution >= 4 is 46.2 Å². The molecule has 1 fully saturated rings. The lowest BCUT2D eigenvalue weighted by Crippen LogP contribution is -2.28. The lowest BCUT2D eigenvalue weighted by molar-refractivity contribution is -0.122. The van der Waals surface area contributed by atoms with Gasteiger partial charge in [0.15, 0.2) is 5.17 Å². The third-order valence-corrected chi connectivity index (χ3v) is 4.68. The molecule has 0 spiro atoms. The highest BCUT2D eigenvalue weighted by Crippen LogP contribution is 2.34. The number of amidine groups is 1. The van der Waals surface area contributed by atoms with E-state index in [9.17, 15) is 9.18 Å². The molecule has 24 heavy (non-hydrogen) atoms. The molecule has 6 heteroatoms. The second-order valence-corrected chi connectivity index (χ2v) is 6.53. The molecular formula is C18H14ClFN2OS. The molecule has 1 saturated heterocycles. The third kappa shape index (κ3) is 3.68. The van der Waals surface area contributed by atoms with Gasteiger partial charge in [0.2, 0.25) is 0 Å². The molecular weight excluding hydrogens is 347 g/mol. The van der Waals surface area contributed by atoms with Crippen molar-refractivity contribution in [2.75, 3.05) is 6.54 Å². The first-order valence-corrected chi connectivity index (χ1v) is 8.57. The second-order valence-electron chi connectivity index (χ2n) is 5.08. The Bertz CT molecular complexity index is 816. The number of aliphatic imine (C=N–C) groups is 1. The van der Waals surface area contributed by atoms with Crippen molar-refractivity contribution in [2.45, 2.75) is 6.92 Å². The van der Waals surface area contributed by atoms with Gasteiger partial charge in [-0.05, 0) is 66.7 Å². The normalized spacial score (nSPS) is 18.0. The largest absolute Gasteiger partial charge is 0.287 e. The molecule has 0 unspecified atom stereocenters. The van der Waals surface area contributed by atoms with Gasteiger partial charge < -0.3 is 0 Å². The van der Waals surface area contributed by atoms with E-state index in [2.05, 4.69) is 4.99 Å². The minimum atomic E-state index is -0.315. The van der Waals surface area contributed by atoms with E-state index in [-0.39, 0.29) is 11.7 Å². The molecule has 122 valence electrons. The lowest BCUT2D eigenvalue weighted by atomic mass is 10.2. The van der Waals surface area contributed by atoms with E-state index in [1.165, 1.54) is 23.9 Å². The monoisotopic (exact) mass is 360 g/mol. The molecule has 3 rings (SSSR count). The van der Waals surface area contributed by atoms with Crippen molar-refractivity contribution in [1.29, 1.82) is 0 Å². The highest BCUT2D eigenvalue weighted by atomic mass is 35.5. The first kappa shape index (κ1) is 16.7.